The number of hydrogen-bond donors (Lipinski definition) is 0. The second-order valence-corrected chi connectivity index (χ2v) is 3.14. The van der Waals surface area contributed by atoms with Crippen molar-refractivity contribution in [3.63, 3.8) is 0 Å². The summed E-state index contributed by atoms with van der Waals surface area (Å²) in [5.74, 6) is 0.0168. The Hall–Kier alpha value is -1.61. The van der Waals surface area contributed by atoms with Gasteiger partial charge in [-0.2, -0.15) is 0 Å². The zero-order chi connectivity index (χ0) is 10.1. The number of para-hydroxylation sites is 1. The lowest BCUT2D eigenvalue weighted by Gasteiger charge is -1.89. The number of carbonyl (C=O) groups is 2. The van der Waals surface area contributed by atoms with Crippen molar-refractivity contribution < 1.29 is 14.0 Å². The standard InChI is InChI=1S/C10H5ClO3/c11-8-3-1-2-6-7(4-12)9(5-13)14-10(6)8/h1-5H. The van der Waals surface area contributed by atoms with Gasteiger partial charge < -0.3 is 4.42 Å². The minimum Gasteiger partial charge on any atom is -0.451 e. The molecule has 4 heteroatoms. The first-order valence-electron chi connectivity index (χ1n) is 3.89. The van der Waals surface area contributed by atoms with E-state index in [4.69, 9.17) is 16.0 Å². The molecule has 0 N–H and O–H groups in total. The summed E-state index contributed by atoms with van der Waals surface area (Å²) in [7, 11) is 0. The average Bonchev–Trinajstić information content (AvgIpc) is 2.57. The molecule has 2 aromatic rings. The van der Waals surface area contributed by atoms with Gasteiger partial charge in [-0.15, -0.1) is 0 Å². The van der Waals surface area contributed by atoms with Crippen molar-refractivity contribution in [1.82, 2.24) is 0 Å². The molecule has 0 saturated heterocycles. The molecule has 0 aliphatic heterocycles. The minimum atomic E-state index is 0.0168. The molecular formula is C10H5ClO3. The van der Waals surface area contributed by atoms with Gasteiger partial charge >= 0.3 is 0 Å². The molecule has 0 aliphatic carbocycles. The van der Waals surface area contributed by atoms with Gasteiger partial charge in [0.2, 0.25) is 0 Å². The van der Waals surface area contributed by atoms with Gasteiger partial charge in [0.15, 0.2) is 23.9 Å². The van der Waals surface area contributed by atoms with Crippen LogP contribution in [0.3, 0.4) is 0 Å². The molecule has 1 aromatic heterocycles. The lowest BCUT2D eigenvalue weighted by molar-refractivity contribution is 0.108. The van der Waals surface area contributed by atoms with E-state index in [2.05, 4.69) is 0 Å². The van der Waals surface area contributed by atoms with Crippen LogP contribution in [0.1, 0.15) is 20.9 Å². The zero-order valence-corrected chi connectivity index (χ0v) is 7.75. The fourth-order valence-corrected chi connectivity index (χ4v) is 1.54. The molecule has 0 spiro atoms. The number of carbonyl (C=O) groups excluding carboxylic acids is 2. The smallest absolute Gasteiger partial charge is 0.186 e. The van der Waals surface area contributed by atoms with E-state index in [1.54, 1.807) is 18.2 Å². The SMILES string of the molecule is O=Cc1oc2c(Cl)cccc2c1C=O. The van der Waals surface area contributed by atoms with Crippen molar-refractivity contribution in [2.75, 3.05) is 0 Å². The molecular weight excluding hydrogens is 204 g/mol. The predicted molar refractivity (Wildman–Crippen MR) is 52.0 cm³/mol. The average molecular weight is 209 g/mol. The third kappa shape index (κ3) is 1.14. The molecule has 70 valence electrons. The molecule has 2 rings (SSSR count). The van der Waals surface area contributed by atoms with Gasteiger partial charge in [0.1, 0.15) is 0 Å². The Morgan fingerprint density at radius 2 is 2.00 bits per heavy atom. The second-order valence-electron chi connectivity index (χ2n) is 2.73. The second kappa shape index (κ2) is 3.27. The predicted octanol–water partition coefficient (Wildman–Crippen LogP) is 2.71. The van der Waals surface area contributed by atoms with Crippen molar-refractivity contribution in [1.29, 1.82) is 0 Å². The van der Waals surface area contributed by atoms with Crippen LogP contribution in [0.25, 0.3) is 11.0 Å². The van der Waals surface area contributed by atoms with Gasteiger partial charge in [-0.25, -0.2) is 0 Å². The van der Waals surface area contributed by atoms with Crippen LogP contribution < -0.4 is 0 Å². The van der Waals surface area contributed by atoms with E-state index in [0.717, 1.165) is 0 Å². The van der Waals surface area contributed by atoms with E-state index >= 15 is 0 Å². The lowest BCUT2D eigenvalue weighted by atomic mass is 10.1. The van der Waals surface area contributed by atoms with Gasteiger partial charge in [-0.05, 0) is 6.07 Å². The number of furan rings is 1. The number of benzene rings is 1. The highest BCUT2D eigenvalue weighted by Crippen LogP contribution is 2.29. The Morgan fingerprint density at radius 1 is 1.21 bits per heavy atom. The maximum absolute atomic E-state index is 10.7. The van der Waals surface area contributed by atoms with Crippen LogP contribution in [0.5, 0.6) is 0 Å². The Morgan fingerprint density at radius 3 is 2.64 bits per heavy atom. The first kappa shape index (κ1) is 8.97. The first-order valence-corrected chi connectivity index (χ1v) is 4.27. The first-order chi connectivity index (χ1) is 6.77. The van der Waals surface area contributed by atoms with Crippen molar-refractivity contribution >= 4 is 35.1 Å². The molecule has 3 nitrogen and oxygen atoms in total. The van der Waals surface area contributed by atoms with Crippen LogP contribution in [0.15, 0.2) is 22.6 Å². The number of halogens is 1. The van der Waals surface area contributed by atoms with E-state index in [9.17, 15) is 9.59 Å². The van der Waals surface area contributed by atoms with Crippen LogP contribution >= 0.6 is 11.6 Å². The zero-order valence-electron chi connectivity index (χ0n) is 6.99. The van der Waals surface area contributed by atoms with E-state index < -0.39 is 0 Å². The molecule has 1 aromatic carbocycles. The molecule has 1 heterocycles. The molecule has 0 unspecified atom stereocenters. The molecule has 0 bridgehead atoms. The fourth-order valence-electron chi connectivity index (χ4n) is 1.33. The number of fused-ring (bicyclic) bond motifs is 1. The lowest BCUT2D eigenvalue weighted by Crippen LogP contribution is -1.83. The largest absolute Gasteiger partial charge is 0.451 e. The van der Waals surface area contributed by atoms with Crippen LogP contribution in [-0.2, 0) is 0 Å². The number of rotatable bonds is 2. The Labute approximate surface area is 84.3 Å². The summed E-state index contributed by atoms with van der Waals surface area (Å²) >= 11 is 5.83. The summed E-state index contributed by atoms with van der Waals surface area (Å²) in [6.45, 7) is 0. The monoisotopic (exact) mass is 208 g/mol. The Balaban J connectivity index is 2.93. The third-order valence-corrected chi connectivity index (χ3v) is 2.26. The van der Waals surface area contributed by atoms with Crippen molar-refractivity contribution in [3.05, 3.63) is 34.5 Å². The maximum Gasteiger partial charge on any atom is 0.186 e. The summed E-state index contributed by atoms with van der Waals surface area (Å²) < 4.78 is 5.14. The van der Waals surface area contributed by atoms with Crippen LogP contribution in [0.2, 0.25) is 5.02 Å². The highest BCUT2D eigenvalue weighted by Gasteiger charge is 2.14. The van der Waals surface area contributed by atoms with E-state index in [-0.39, 0.29) is 11.3 Å². The third-order valence-electron chi connectivity index (χ3n) is 1.96. The minimum absolute atomic E-state index is 0.0168. The summed E-state index contributed by atoms with van der Waals surface area (Å²) in [6, 6.07) is 5.01. The summed E-state index contributed by atoms with van der Waals surface area (Å²) in [6.07, 6.45) is 1.09. The van der Waals surface area contributed by atoms with Crippen LogP contribution in [-0.4, -0.2) is 12.6 Å². The topological polar surface area (TPSA) is 47.3 Å². The molecule has 0 atom stereocenters. The van der Waals surface area contributed by atoms with E-state index in [1.165, 1.54) is 0 Å². The highest BCUT2D eigenvalue weighted by atomic mass is 35.5. The van der Waals surface area contributed by atoms with Crippen molar-refractivity contribution in [2.45, 2.75) is 0 Å². The van der Waals surface area contributed by atoms with Gasteiger partial charge in [0, 0.05) is 5.39 Å². The number of aldehydes is 2. The Kier molecular flexibility index (Phi) is 2.09. The van der Waals surface area contributed by atoms with Crippen LogP contribution in [0, 0.1) is 0 Å². The van der Waals surface area contributed by atoms with Crippen molar-refractivity contribution in [2.24, 2.45) is 0 Å². The van der Waals surface area contributed by atoms with Crippen LogP contribution in [0.4, 0.5) is 0 Å². The quantitative estimate of drug-likeness (QED) is 0.713. The summed E-state index contributed by atoms with van der Waals surface area (Å²) in [5, 5.41) is 0.952. The van der Waals surface area contributed by atoms with Crippen molar-refractivity contribution in [3.8, 4) is 0 Å². The van der Waals surface area contributed by atoms with Gasteiger partial charge in [0.25, 0.3) is 0 Å². The maximum atomic E-state index is 10.7. The molecule has 0 amide bonds. The van der Waals surface area contributed by atoms with Gasteiger partial charge in [0.05, 0.1) is 10.6 Å². The molecule has 0 fully saturated rings. The highest BCUT2D eigenvalue weighted by molar-refractivity contribution is 6.35. The van der Waals surface area contributed by atoms with E-state index in [0.29, 0.717) is 28.6 Å². The van der Waals surface area contributed by atoms with Gasteiger partial charge in [-0.1, -0.05) is 23.7 Å². The molecule has 0 saturated carbocycles. The Bertz CT molecular complexity index is 513. The molecule has 0 radical (unpaired) electrons. The normalized spacial score (nSPS) is 10.4. The van der Waals surface area contributed by atoms with Gasteiger partial charge in [-0.3, -0.25) is 9.59 Å². The summed E-state index contributed by atoms with van der Waals surface area (Å²) in [5.41, 5.74) is 0.621. The summed E-state index contributed by atoms with van der Waals surface area (Å²) in [4.78, 5) is 21.3. The number of hydrogen-bond acceptors (Lipinski definition) is 3. The molecule has 0 aliphatic rings. The van der Waals surface area contributed by atoms with E-state index in [1.807, 2.05) is 0 Å². The molecule has 14 heavy (non-hydrogen) atoms. The fraction of sp³-hybridized carbons (Fsp3) is 0.